The molecule has 5 aromatic rings. The number of aliphatic carboxylic acids is 1. The molecule has 2 aromatic heterocycles. The number of halogens is 1. The molecule has 6 rings (SSSR count). The molecule has 2 unspecified atom stereocenters. The molecule has 3 heterocycles. The Morgan fingerprint density at radius 1 is 1.05 bits per heavy atom. The summed E-state index contributed by atoms with van der Waals surface area (Å²) in [5, 5.41) is 21.4. The molecule has 40 heavy (non-hydrogen) atoms. The molecule has 204 valence electrons. The van der Waals surface area contributed by atoms with Crippen LogP contribution in [-0.4, -0.2) is 42.4 Å². The van der Waals surface area contributed by atoms with Crippen LogP contribution in [0.3, 0.4) is 0 Å². The van der Waals surface area contributed by atoms with Gasteiger partial charge in [-0.05, 0) is 50.1 Å². The maximum Gasteiger partial charge on any atom is 0.325 e. The Morgan fingerprint density at radius 3 is 2.35 bits per heavy atom. The second kappa shape index (κ2) is 11.7. The van der Waals surface area contributed by atoms with E-state index in [0.717, 1.165) is 27.8 Å². The average molecular weight is 557 g/mol. The Morgan fingerprint density at radius 2 is 1.73 bits per heavy atom. The number of carboxylic acid groups (broad SMARTS) is 1. The lowest BCUT2D eigenvalue weighted by molar-refractivity contribution is -0.138. The standard InChI is InChI=1S/C24H23ClN6O3.C6H6/c1-13-2-6-19-17(8-13)21(22(26)24(33)34)20-7-3-14(10-31(19)20)29-23(32)16-5-4-15(9-18(16)25)30-11-27-28-12-30;1-2-4-6-5-3-1/h2,4-6,8-9,11-12,14,22H,3,7,10,26H2,1H3,(H,29,32)(H,33,34);1-6H. The number of fused-ring (bicyclic) bond motifs is 3. The van der Waals surface area contributed by atoms with E-state index in [2.05, 4.69) is 20.1 Å². The van der Waals surface area contributed by atoms with Gasteiger partial charge in [0.2, 0.25) is 0 Å². The summed E-state index contributed by atoms with van der Waals surface area (Å²) in [6.07, 6.45) is 4.38. The van der Waals surface area contributed by atoms with E-state index in [0.29, 0.717) is 35.5 Å². The van der Waals surface area contributed by atoms with Crippen LogP contribution >= 0.6 is 11.6 Å². The number of aromatic nitrogens is 4. The van der Waals surface area contributed by atoms with Crippen molar-refractivity contribution in [3.63, 3.8) is 0 Å². The van der Waals surface area contributed by atoms with Crippen LogP contribution in [0.5, 0.6) is 0 Å². The molecule has 0 spiro atoms. The second-order valence-corrected chi connectivity index (χ2v) is 10.1. The number of amides is 1. The maximum absolute atomic E-state index is 13.0. The normalized spacial score (nSPS) is 15.0. The van der Waals surface area contributed by atoms with Gasteiger partial charge in [0.1, 0.15) is 18.7 Å². The summed E-state index contributed by atoms with van der Waals surface area (Å²) in [5.74, 6) is -1.32. The summed E-state index contributed by atoms with van der Waals surface area (Å²) < 4.78 is 3.78. The highest BCUT2D eigenvalue weighted by atomic mass is 35.5. The first-order chi connectivity index (χ1) is 19.3. The third kappa shape index (κ3) is 5.61. The van der Waals surface area contributed by atoms with Gasteiger partial charge in [-0.25, -0.2) is 0 Å². The predicted octanol–water partition coefficient (Wildman–Crippen LogP) is 4.70. The van der Waals surface area contributed by atoms with Gasteiger partial charge in [-0.3, -0.25) is 14.2 Å². The molecule has 0 bridgehead atoms. The van der Waals surface area contributed by atoms with Crippen molar-refractivity contribution in [1.82, 2.24) is 24.6 Å². The molecule has 1 amide bonds. The van der Waals surface area contributed by atoms with Crippen LogP contribution in [0.25, 0.3) is 16.6 Å². The Hall–Kier alpha value is -4.47. The van der Waals surface area contributed by atoms with E-state index in [9.17, 15) is 14.7 Å². The SMILES string of the molecule is Cc1ccc2c(c1)c(C(N)C(=O)O)c1n2CC(NC(=O)c2ccc(-n3cnnc3)cc2Cl)CC1.c1ccccc1. The number of hydrogen-bond acceptors (Lipinski definition) is 5. The molecule has 9 nitrogen and oxygen atoms in total. The van der Waals surface area contributed by atoms with Crippen molar-refractivity contribution < 1.29 is 14.7 Å². The average Bonchev–Trinajstić information content (AvgIpc) is 3.60. The number of hydrogen-bond donors (Lipinski definition) is 3. The minimum atomic E-state index is -1.10. The zero-order chi connectivity index (χ0) is 28.2. The Bertz CT molecular complexity index is 1620. The van der Waals surface area contributed by atoms with Gasteiger partial charge in [0, 0.05) is 40.4 Å². The predicted molar refractivity (Wildman–Crippen MR) is 154 cm³/mol. The Balaban J connectivity index is 0.000000477. The highest BCUT2D eigenvalue weighted by Crippen LogP contribution is 2.35. The molecule has 0 radical (unpaired) electrons. The van der Waals surface area contributed by atoms with Gasteiger partial charge in [0.05, 0.1) is 10.6 Å². The lowest BCUT2D eigenvalue weighted by Gasteiger charge is -2.27. The fraction of sp³-hybridized carbons (Fsp3) is 0.200. The molecule has 0 aliphatic carbocycles. The lowest BCUT2D eigenvalue weighted by Crippen LogP contribution is -2.41. The first-order valence-electron chi connectivity index (χ1n) is 12.9. The highest BCUT2D eigenvalue weighted by molar-refractivity contribution is 6.34. The number of carboxylic acids is 1. The number of nitrogens with zero attached hydrogens (tertiary/aromatic N) is 4. The van der Waals surface area contributed by atoms with Gasteiger partial charge >= 0.3 is 5.97 Å². The van der Waals surface area contributed by atoms with Crippen molar-refractivity contribution in [2.75, 3.05) is 0 Å². The van der Waals surface area contributed by atoms with Gasteiger partial charge in [-0.15, -0.1) is 10.2 Å². The van der Waals surface area contributed by atoms with Crippen molar-refractivity contribution in [2.24, 2.45) is 5.73 Å². The molecule has 3 aromatic carbocycles. The van der Waals surface area contributed by atoms with E-state index in [1.54, 1.807) is 35.4 Å². The molecule has 1 aliphatic rings. The van der Waals surface area contributed by atoms with Gasteiger partial charge in [0.25, 0.3) is 5.91 Å². The van der Waals surface area contributed by atoms with E-state index in [-0.39, 0.29) is 11.9 Å². The smallest absolute Gasteiger partial charge is 0.325 e. The number of rotatable bonds is 5. The maximum atomic E-state index is 13.0. The lowest BCUT2D eigenvalue weighted by atomic mass is 9.97. The van der Waals surface area contributed by atoms with Gasteiger partial charge in [0.15, 0.2) is 0 Å². The topological polar surface area (TPSA) is 128 Å². The van der Waals surface area contributed by atoms with Crippen LogP contribution in [0.1, 0.15) is 39.6 Å². The zero-order valence-electron chi connectivity index (χ0n) is 21.9. The molecule has 0 saturated carbocycles. The molecule has 0 saturated heterocycles. The van der Waals surface area contributed by atoms with E-state index in [4.69, 9.17) is 17.3 Å². The number of carbonyl (C=O) groups is 2. The summed E-state index contributed by atoms with van der Waals surface area (Å²) in [6, 6.07) is 21.9. The molecule has 4 N–H and O–H groups in total. The van der Waals surface area contributed by atoms with Crippen molar-refractivity contribution in [3.05, 3.63) is 113 Å². The molecule has 10 heteroatoms. The number of nitrogens with two attached hydrogens (primary N) is 1. The van der Waals surface area contributed by atoms with Gasteiger partial charge < -0.3 is 20.7 Å². The van der Waals surface area contributed by atoms with Crippen LogP contribution in [-0.2, 0) is 17.8 Å². The quantitative estimate of drug-likeness (QED) is 0.288. The van der Waals surface area contributed by atoms with E-state index in [1.807, 2.05) is 61.5 Å². The minimum Gasteiger partial charge on any atom is -0.480 e. The van der Waals surface area contributed by atoms with Crippen molar-refractivity contribution in [1.29, 1.82) is 0 Å². The third-order valence-corrected chi connectivity index (χ3v) is 7.31. The molecule has 2 atom stereocenters. The third-order valence-electron chi connectivity index (χ3n) is 7.00. The van der Waals surface area contributed by atoms with Crippen molar-refractivity contribution >= 4 is 34.4 Å². The van der Waals surface area contributed by atoms with Crippen LogP contribution in [0, 0.1) is 6.92 Å². The Kier molecular flexibility index (Phi) is 7.95. The number of benzene rings is 3. The molecule has 1 aliphatic heterocycles. The summed E-state index contributed by atoms with van der Waals surface area (Å²) in [4.78, 5) is 24.7. The molecular weight excluding hydrogens is 528 g/mol. The van der Waals surface area contributed by atoms with E-state index >= 15 is 0 Å². The van der Waals surface area contributed by atoms with Crippen LogP contribution < -0.4 is 11.1 Å². The first kappa shape index (κ1) is 27.1. The monoisotopic (exact) mass is 556 g/mol. The second-order valence-electron chi connectivity index (χ2n) is 9.70. The zero-order valence-corrected chi connectivity index (χ0v) is 22.6. The van der Waals surface area contributed by atoms with E-state index < -0.39 is 12.0 Å². The largest absolute Gasteiger partial charge is 0.480 e. The van der Waals surface area contributed by atoms with Crippen LogP contribution in [0.4, 0.5) is 0 Å². The summed E-state index contributed by atoms with van der Waals surface area (Å²) in [6.45, 7) is 2.48. The fourth-order valence-electron chi connectivity index (χ4n) is 5.07. The van der Waals surface area contributed by atoms with Crippen molar-refractivity contribution in [3.8, 4) is 5.69 Å². The summed E-state index contributed by atoms with van der Waals surface area (Å²) in [5.41, 5.74) is 10.7. The highest BCUT2D eigenvalue weighted by Gasteiger charge is 2.30. The van der Waals surface area contributed by atoms with Gasteiger partial charge in [-0.1, -0.05) is 59.6 Å². The van der Waals surface area contributed by atoms with Crippen LogP contribution in [0.15, 0.2) is 85.5 Å². The first-order valence-corrected chi connectivity index (χ1v) is 13.3. The minimum absolute atomic E-state index is 0.139. The summed E-state index contributed by atoms with van der Waals surface area (Å²) in [7, 11) is 0. The van der Waals surface area contributed by atoms with Crippen molar-refractivity contribution in [2.45, 2.75) is 38.4 Å². The Labute approximate surface area is 236 Å². The molecular formula is C30H29ClN6O3. The van der Waals surface area contributed by atoms with Gasteiger partial charge in [-0.2, -0.15) is 0 Å². The van der Waals surface area contributed by atoms with E-state index in [1.165, 1.54) is 0 Å². The molecule has 0 fully saturated rings. The van der Waals surface area contributed by atoms with Crippen LogP contribution in [0.2, 0.25) is 5.02 Å². The number of aryl methyl sites for hydroxylation is 1. The fourth-order valence-corrected chi connectivity index (χ4v) is 5.33. The number of carbonyl (C=O) groups excluding carboxylic acids is 1. The summed E-state index contributed by atoms with van der Waals surface area (Å²) >= 11 is 6.41. The number of nitrogens with one attached hydrogen (secondary N) is 1.